The summed E-state index contributed by atoms with van der Waals surface area (Å²) in [7, 11) is 0. The Balaban J connectivity index is 2.27. The van der Waals surface area contributed by atoms with Crippen molar-refractivity contribution in [2.75, 3.05) is 0 Å². The lowest BCUT2D eigenvalue weighted by Crippen LogP contribution is -2.01. The Morgan fingerprint density at radius 1 is 0.737 bits per heavy atom. The molecule has 2 rings (SSSR count). The molecule has 1 atom stereocenters. The molecule has 0 aromatic heterocycles. The first-order chi connectivity index (χ1) is 8.99. The summed E-state index contributed by atoms with van der Waals surface area (Å²) >= 11 is 0. The van der Waals surface area contributed by atoms with Crippen molar-refractivity contribution >= 4 is 0 Å². The van der Waals surface area contributed by atoms with Gasteiger partial charge in [0, 0.05) is 0 Å². The largest absolute Gasteiger partial charge is 0.384 e. The summed E-state index contributed by atoms with van der Waals surface area (Å²) in [5.41, 5.74) is 5.69. The molecule has 0 heterocycles. The van der Waals surface area contributed by atoms with Crippen LogP contribution >= 0.6 is 0 Å². The van der Waals surface area contributed by atoms with Crippen LogP contribution in [0.5, 0.6) is 0 Å². The second kappa shape index (κ2) is 5.58. The maximum Gasteiger partial charge on any atom is 0.104 e. The Bertz CT molecular complexity index is 552. The third kappa shape index (κ3) is 3.05. The number of aliphatic hydroxyl groups excluding tert-OH is 1. The molecule has 2 aromatic carbocycles. The fourth-order valence-electron chi connectivity index (χ4n) is 2.19. The molecule has 1 N–H and O–H groups in total. The molecule has 100 valence electrons. The fourth-order valence-corrected chi connectivity index (χ4v) is 2.19. The molecule has 1 heteroatoms. The lowest BCUT2D eigenvalue weighted by atomic mass is 9.95. The third-order valence-electron chi connectivity index (χ3n) is 3.77. The predicted molar refractivity (Wildman–Crippen MR) is 80.5 cm³/mol. The first kappa shape index (κ1) is 13.8. The molecule has 0 aliphatic carbocycles. The Morgan fingerprint density at radius 3 is 1.79 bits per heavy atom. The molecule has 0 aliphatic heterocycles. The van der Waals surface area contributed by atoms with Gasteiger partial charge >= 0.3 is 0 Å². The van der Waals surface area contributed by atoms with E-state index >= 15 is 0 Å². The topological polar surface area (TPSA) is 20.2 Å². The van der Waals surface area contributed by atoms with Crippen LogP contribution < -0.4 is 0 Å². The number of rotatable bonds is 3. The number of hydrogen-bond acceptors (Lipinski definition) is 1. The molecule has 0 saturated carbocycles. The first-order valence-corrected chi connectivity index (χ1v) is 6.84. The smallest absolute Gasteiger partial charge is 0.104 e. The standard InChI is InChI=1S/C18H22O/c1-12(2)15-7-9-16(10-8-15)18(19)17-6-5-13(3)14(4)11-17/h5-12,18-19H,1-4H3. The van der Waals surface area contributed by atoms with E-state index in [1.807, 2.05) is 18.2 Å². The highest BCUT2D eigenvalue weighted by Gasteiger charge is 2.11. The zero-order valence-electron chi connectivity index (χ0n) is 12.1. The van der Waals surface area contributed by atoms with Crippen LogP contribution in [-0.2, 0) is 0 Å². The monoisotopic (exact) mass is 254 g/mol. The summed E-state index contributed by atoms with van der Waals surface area (Å²) in [6, 6.07) is 14.4. The molecule has 0 saturated heterocycles. The second-order valence-electron chi connectivity index (χ2n) is 5.57. The van der Waals surface area contributed by atoms with Crippen molar-refractivity contribution in [2.45, 2.75) is 39.7 Å². The van der Waals surface area contributed by atoms with E-state index in [2.05, 4.69) is 52.0 Å². The Hall–Kier alpha value is -1.60. The molecule has 0 aliphatic rings. The van der Waals surface area contributed by atoms with Crippen LogP contribution in [0.2, 0.25) is 0 Å². The average Bonchev–Trinajstić information content (AvgIpc) is 2.41. The van der Waals surface area contributed by atoms with Crippen molar-refractivity contribution < 1.29 is 5.11 Å². The van der Waals surface area contributed by atoms with E-state index in [1.165, 1.54) is 16.7 Å². The van der Waals surface area contributed by atoms with Crippen LogP contribution in [0.15, 0.2) is 42.5 Å². The van der Waals surface area contributed by atoms with Crippen molar-refractivity contribution in [3.63, 3.8) is 0 Å². The minimum absolute atomic E-state index is 0.521. The van der Waals surface area contributed by atoms with Gasteiger partial charge in [0.1, 0.15) is 6.10 Å². The minimum Gasteiger partial charge on any atom is -0.384 e. The number of hydrogen-bond donors (Lipinski definition) is 1. The number of aliphatic hydroxyl groups is 1. The van der Waals surface area contributed by atoms with E-state index in [0.29, 0.717) is 5.92 Å². The predicted octanol–water partition coefficient (Wildman–Crippen LogP) is 4.51. The number of aryl methyl sites for hydroxylation is 2. The minimum atomic E-state index is -0.541. The maximum absolute atomic E-state index is 10.4. The van der Waals surface area contributed by atoms with Gasteiger partial charge in [-0.15, -0.1) is 0 Å². The highest BCUT2D eigenvalue weighted by atomic mass is 16.3. The molecule has 0 amide bonds. The Labute approximate surface area is 115 Å². The quantitative estimate of drug-likeness (QED) is 0.854. The van der Waals surface area contributed by atoms with E-state index in [0.717, 1.165) is 11.1 Å². The van der Waals surface area contributed by atoms with E-state index < -0.39 is 6.10 Å². The van der Waals surface area contributed by atoms with Gasteiger partial charge in [-0.25, -0.2) is 0 Å². The van der Waals surface area contributed by atoms with Crippen LogP contribution in [0.1, 0.15) is 53.7 Å². The van der Waals surface area contributed by atoms with Crippen molar-refractivity contribution in [2.24, 2.45) is 0 Å². The molecule has 0 spiro atoms. The van der Waals surface area contributed by atoms with Crippen LogP contribution in [-0.4, -0.2) is 5.11 Å². The summed E-state index contributed by atoms with van der Waals surface area (Å²) in [6.07, 6.45) is -0.541. The molecule has 0 fully saturated rings. The third-order valence-corrected chi connectivity index (χ3v) is 3.77. The van der Waals surface area contributed by atoms with Crippen molar-refractivity contribution in [1.82, 2.24) is 0 Å². The van der Waals surface area contributed by atoms with Crippen LogP contribution in [0.3, 0.4) is 0 Å². The van der Waals surface area contributed by atoms with Gasteiger partial charge in [-0.3, -0.25) is 0 Å². The lowest BCUT2D eigenvalue weighted by molar-refractivity contribution is 0.220. The number of benzene rings is 2. The second-order valence-corrected chi connectivity index (χ2v) is 5.57. The zero-order valence-corrected chi connectivity index (χ0v) is 12.1. The van der Waals surface area contributed by atoms with Gasteiger partial charge in [0.15, 0.2) is 0 Å². The average molecular weight is 254 g/mol. The normalized spacial score (nSPS) is 12.7. The van der Waals surface area contributed by atoms with E-state index in [-0.39, 0.29) is 0 Å². The molecule has 0 bridgehead atoms. The van der Waals surface area contributed by atoms with Crippen molar-refractivity contribution in [3.05, 3.63) is 70.3 Å². The zero-order chi connectivity index (χ0) is 14.0. The molecule has 1 nitrogen and oxygen atoms in total. The summed E-state index contributed by atoms with van der Waals surface area (Å²) in [6.45, 7) is 8.51. The Morgan fingerprint density at radius 2 is 1.26 bits per heavy atom. The highest BCUT2D eigenvalue weighted by molar-refractivity contribution is 5.37. The SMILES string of the molecule is Cc1ccc(C(O)c2ccc(C(C)C)cc2)cc1C. The van der Waals surface area contributed by atoms with Gasteiger partial charge < -0.3 is 5.11 Å². The van der Waals surface area contributed by atoms with Gasteiger partial charge in [-0.05, 0) is 47.6 Å². The maximum atomic E-state index is 10.4. The molecule has 1 unspecified atom stereocenters. The van der Waals surface area contributed by atoms with Crippen LogP contribution in [0.4, 0.5) is 0 Å². The molecule has 19 heavy (non-hydrogen) atoms. The molecule has 2 aromatic rings. The van der Waals surface area contributed by atoms with Crippen molar-refractivity contribution in [3.8, 4) is 0 Å². The molecule has 0 radical (unpaired) electrons. The van der Waals surface area contributed by atoms with Gasteiger partial charge in [-0.1, -0.05) is 56.3 Å². The fraction of sp³-hybridized carbons (Fsp3) is 0.333. The van der Waals surface area contributed by atoms with E-state index in [1.54, 1.807) is 0 Å². The van der Waals surface area contributed by atoms with Crippen LogP contribution in [0.25, 0.3) is 0 Å². The summed E-state index contributed by atoms with van der Waals surface area (Å²) in [5.74, 6) is 0.521. The van der Waals surface area contributed by atoms with Crippen LogP contribution in [0, 0.1) is 13.8 Å². The van der Waals surface area contributed by atoms with Gasteiger partial charge in [0.05, 0.1) is 0 Å². The highest BCUT2D eigenvalue weighted by Crippen LogP contribution is 2.25. The van der Waals surface area contributed by atoms with E-state index in [9.17, 15) is 5.11 Å². The van der Waals surface area contributed by atoms with E-state index in [4.69, 9.17) is 0 Å². The Kier molecular flexibility index (Phi) is 4.06. The summed E-state index contributed by atoms with van der Waals surface area (Å²) < 4.78 is 0. The molecular formula is C18H22O. The van der Waals surface area contributed by atoms with Crippen molar-refractivity contribution in [1.29, 1.82) is 0 Å². The summed E-state index contributed by atoms with van der Waals surface area (Å²) in [4.78, 5) is 0. The van der Waals surface area contributed by atoms with Gasteiger partial charge in [0.2, 0.25) is 0 Å². The summed E-state index contributed by atoms with van der Waals surface area (Å²) in [5, 5.41) is 10.4. The molecular weight excluding hydrogens is 232 g/mol. The lowest BCUT2D eigenvalue weighted by Gasteiger charge is -2.14. The first-order valence-electron chi connectivity index (χ1n) is 6.84. The van der Waals surface area contributed by atoms with Gasteiger partial charge in [0.25, 0.3) is 0 Å². The van der Waals surface area contributed by atoms with Gasteiger partial charge in [-0.2, -0.15) is 0 Å².